The van der Waals surface area contributed by atoms with Gasteiger partial charge in [-0.25, -0.2) is 0 Å². The molecule has 0 unspecified atom stereocenters. The molecule has 0 spiro atoms. The van der Waals surface area contributed by atoms with Crippen LogP contribution in [0, 0.1) is 6.92 Å². The average Bonchev–Trinajstić information content (AvgIpc) is 2.42. The smallest absolute Gasteiger partial charge is 0.228 e. The normalized spacial score (nSPS) is 14.2. The number of anilines is 1. The van der Waals surface area contributed by atoms with Gasteiger partial charge in [0.05, 0.1) is 11.4 Å². The van der Waals surface area contributed by atoms with Gasteiger partial charge in [0.15, 0.2) is 0 Å². The Bertz CT molecular complexity index is 403. The van der Waals surface area contributed by atoms with Crippen molar-refractivity contribution in [2.24, 2.45) is 0 Å². The Morgan fingerprint density at radius 2 is 2.31 bits per heavy atom. The molecular formula is C9H7BrClNO. The van der Waals surface area contributed by atoms with Gasteiger partial charge >= 0.3 is 0 Å². The van der Waals surface area contributed by atoms with E-state index >= 15 is 0 Å². The summed E-state index contributed by atoms with van der Waals surface area (Å²) in [4.78, 5) is 11.1. The highest BCUT2D eigenvalue weighted by Gasteiger charge is 2.22. The third kappa shape index (κ3) is 1.36. The van der Waals surface area contributed by atoms with E-state index in [0.29, 0.717) is 11.4 Å². The number of carbonyl (C=O) groups is 1. The van der Waals surface area contributed by atoms with E-state index < -0.39 is 0 Å². The lowest BCUT2D eigenvalue weighted by molar-refractivity contribution is -0.115. The molecule has 0 radical (unpaired) electrons. The highest BCUT2D eigenvalue weighted by molar-refractivity contribution is 9.10. The Hall–Kier alpha value is -0.540. The van der Waals surface area contributed by atoms with Crippen LogP contribution < -0.4 is 5.32 Å². The number of hydrogen-bond donors (Lipinski definition) is 1. The van der Waals surface area contributed by atoms with Gasteiger partial charge in [0, 0.05) is 15.7 Å². The van der Waals surface area contributed by atoms with Crippen molar-refractivity contribution in [3.8, 4) is 0 Å². The summed E-state index contributed by atoms with van der Waals surface area (Å²) in [5.41, 5.74) is 2.80. The average molecular weight is 261 g/mol. The molecule has 0 aliphatic carbocycles. The number of halogens is 2. The minimum absolute atomic E-state index is 0.0253. The lowest BCUT2D eigenvalue weighted by atomic mass is 10.1. The van der Waals surface area contributed by atoms with Crippen LogP contribution in [0.4, 0.5) is 5.69 Å². The van der Waals surface area contributed by atoms with E-state index in [4.69, 9.17) is 11.6 Å². The Kier molecular flexibility index (Phi) is 2.08. The van der Waals surface area contributed by atoms with Crippen LogP contribution >= 0.6 is 27.5 Å². The molecule has 4 heteroatoms. The Morgan fingerprint density at radius 1 is 1.62 bits per heavy atom. The summed E-state index contributed by atoms with van der Waals surface area (Å²) in [5, 5.41) is 3.47. The number of rotatable bonds is 0. The van der Waals surface area contributed by atoms with Crippen LogP contribution in [0.15, 0.2) is 10.5 Å². The molecule has 0 bridgehead atoms. The van der Waals surface area contributed by atoms with Crippen LogP contribution in [-0.4, -0.2) is 5.91 Å². The summed E-state index contributed by atoms with van der Waals surface area (Å²) in [6.07, 6.45) is 0.413. The molecule has 1 N–H and O–H groups in total. The molecule has 0 fully saturated rings. The van der Waals surface area contributed by atoms with E-state index in [-0.39, 0.29) is 5.91 Å². The number of nitrogens with one attached hydrogen (secondary N) is 1. The van der Waals surface area contributed by atoms with Crippen molar-refractivity contribution in [1.29, 1.82) is 0 Å². The predicted molar refractivity (Wildman–Crippen MR) is 56.2 cm³/mol. The van der Waals surface area contributed by atoms with Crippen molar-refractivity contribution >= 4 is 39.1 Å². The second-order valence-corrected chi connectivity index (χ2v) is 4.24. The minimum atomic E-state index is 0.0253. The molecular weight excluding hydrogens is 253 g/mol. The van der Waals surface area contributed by atoms with E-state index in [1.165, 1.54) is 0 Å². The summed E-state index contributed by atoms with van der Waals surface area (Å²) in [5.74, 6) is 0.0253. The van der Waals surface area contributed by atoms with Gasteiger partial charge < -0.3 is 5.32 Å². The van der Waals surface area contributed by atoms with Crippen LogP contribution in [0.5, 0.6) is 0 Å². The first-order valence-electron chi connectivity index (χ1n) is 3.87. The molecule has 0 aromatic heterocycles. The number of hydrogen-bond acceptors (Lipinski definition) is 1. The number of benzene rings is 1. The van der Waals surface area contributed by atoms with Gasteiger partial charge in [-0.1, -0.05) is 11.6 Å². The molecule has 1 aliphatic heterocycles. The maximum Gasteiger partial charge on any atom is 0.228 e. The maximum absolute atomic E-state index is 11.1. The first-order chi connectivity index (χ1) is 6.09. The van der Waals surface area contributed by atoms with Crippen LogP contribution in [0.3, 0.4) is 0 Å². The summed E-state index contributed by atoms with van der Waals surface area (Å²) in [7, 11) is 0. The highest BCUT2D eigenvalue weighted by Crippen LogP contribution is 2.37. The quantitative estimate of drug-likeness (QED) is 0.763. The van der Waals surface area contributed by atoms with E-state index in [9.17, 15) is 4.79 Å². The number of fused-ring (bicyclic) bond motifs is 1. The predicted octanol–water partition coefficient (Wildman–Crippen LogP) is 2.91. The number of carbonyl (C=O) groups excluding carboxylic acids is 1. The van der Waals surface area contributed by atoms with Crippen LogP contribution in [0.2, 0.25) is 5.02 Å². The molecule has 1 aliphatic rings. The first-order valence-corrected chi connectivity index (χ1v) is 5.04. The Morgan fingerprint density at radius 3 is 3.00 bits per heavy atom. The number of amides is 1. The van der Waals surface area contributed by atoms with Gasteiger partial charge in [0.25, 0.3) is 0 Å². The largest absolute Gasteiger partial charge is 0.325 e. The van der Waals surface area contributed by atoms with E-state index in [1.54, 1.807) is 0 Å². The van der Waals surface area contributed by atoms with Crippen LogP contribution in [0.1, 0.15) is 11.1 Å². The van der Waals surface area contributed by atoms with E-state index in [1.807, 2.05) is 13.0 Å². The third-order valence-corrected chi connectivity index (χ3v) is 3.69. The second kappa shape index (κ2) is 3.00. The zero-order valence-corrected chi connectivity index (χ0v) is 9.29. The standard InChI is InChI=1S/C9H7BrClNO/c1-4-2-6-5(3-7(13)12-6)8(10)9(4)11/h2H,3H2,1H3,(H,12,13). The first kappa shape index (κ1) is 9.03. The molecule has 0 atom stereocenters. The zero-order valence-electron chi connectivity index (χ0n) is 6.95. The molecule has 1 heterocycles. The fourth-order valence-electron chi connectivity index (χ4n) is 1.43. The van der Waals surface area contributed by atoms with E-state index in [2.05, 4.69) is 21.2 Å². The van der Waals surface area contributed by atoms with Crippen molar-refractivity contribution in [1.82, 2.24) is 0 Å². The second-order valence-electron chi connectivity index (χ2n) is 3.07. The van der Waals surface area contributed by atoms with Gasteiger partial charge in [-0.05, 0) is 34.5 Å². The fourth-order valence-corrected chi connectivity index (χ4v) is 2.27. The summed E-state index contributed by atoms with van der Waals surface area (Å²) in [6.45, 7) is 1.91. The SMILES string of the molecule is Cc1cc2c(c(Br)c1Cl)CC(=O)N2. The lowest BCUT2D eigenvalue weighted by Crippen LogP contribution is -2.03. The van der Waals surface area contributed by atoms with Gasteiger partial charge in [0.2, 0.25) is 5.91 Å². The number of aryl methyl sites for hydroxylation is 1. The Balaban J connectivity index is 2.66. The van der Waals surface area contributed by atoms with Gasteiger partial charge in [-0.3, -0.25) is 4.79 Å². The fraction of sp³-hybridized carbons (Fsp3) is 0.222. The van der Waals surface area contributed by atoms with Crippen molar-refractivity contribution < 1.29 is 4.79 Å². The van der Waals surface area contributed by atoms with Crippen molar-refractivity contribution in [3.63, 3.8) is 0 Å². The van der Waals surface area contributed by atoms with Crippen molar-refractivity contribution in [2.75, 3.05) is 5.32 Å². The van der Waals surface area contributed by atoms with Crippen LogP contribution in [0.25, 0.3) is 0 Å². The third-order valence-electron chi connectivity index (χ3n) is 2.10. The van der Waals surface area contributed by atoms with Gasteiger partial charge in [-0.2, -0.15) is 0 Å². The molecule has 2 nitrogen and oxygen atoms in total. The molecule has 0 saturated carbocycles. The van der Waals surface area contributed by atoms with Crippen LogP contribution in [-0.2, 0) is 11.2 Å². The topological polar surface area (TPSA) is 29.1 Å². The molecule has 1 aromatic carbocycles. The molecule has 1 amide bonds. The van der Waals surface area contributed by atoms with Gasteiger partial charge in [0.1, 0.15) is 0 Å². The lowest BCUT2D eigenvalue weighted by Gasteiger charge is -2.06. The minimum Gasteiger partial charge on any atom is -0.325 e. The summed E-state index contributed by atoms with van der Waals surface area (Å²) in [6, 6.07) is 1.90. The summed E-state index contributed by atoms with van der Waals surface area (Å²) >= 11 is 9.41. The Labute approximate surface area is 89.4 Å². The molecule has 68 valence electrons. The van der Waals surface area contributed by atoms with E-state index in [0.717, 1.165) is 21.3 Å². The zero-order chi connectivity index (χ0) is 9.59. The molecule has 2 rings (SSSR count). The molecule has 0 saturated heterocycles. The summed E-state index contributed by atoms with van der Waals surface area (Å²) < 4.78 is 0.836. The monoisotopic (exact) mass is 259 g/mol. The van der Waals surface area contributed by atoms with Crippen molar-refractivity contribution in [3.05, 3.63) is 26.7 Å². The van der Waals surface area contributed by atoms with Crippen molar-refractivity contribution in [2.45, 2.75) is 13.3 Å². The highest BCUT2D eigenvalue weighted by atomic mass is 79.9. The molecule has 13 heavy (non-hydrogen) atoms. The maximum atomic E-state index is 11.1. The van der Waals surface area contributed by atoms with Gasteiger partial charge in [-0.15, -0.1) is 0 Å². The molecule has 1 aromatic rings.